The van der Waals surface area contributed by atoms with Gasteiger partial charge in [0.05, 0.1) is 6.10 Å². The Labute approximate surface area is 98.0 Å². The lowest BCUT2D eigenvalue weighted by Crippen LogP contribution is -2.26. The normalized spacial score (nSPS) is 24.8. The van der Waals surface area contributed by atoms with Crippen molar-refractivity contribution in [1.29, 1.82) is 0 Å². The standard InChI is InChI=1S/C14H21NO/c1-15-11-13-9-10-16-14(13)8-7-12-5-3-2-4-6-12/h2-6,13-15H,7-11H2,1H3. The molecule has 0 bridgehead atoms. The van der Waals surface area contributed by atoms with Gasteiger partial charge in [-0.25, -0.2) is 0 Å². The van der Waals surface area contributed by atoms with Gasteiger partial charge in [-0.05, 0) is 37.8 Å². The second kappa shape index (κ2) is 6.02. The van der Waals surface area contributed by atoms with Crippen molar-refractivity contribution in [1.82, 2.24) is 5.32 Å². The molecule has 2 rings (SSSR count). The van der Waals surface area contributed by atoms with Crippen LogP contribution in [0.4, 0.5) is 0 Å². The number of hydrogen-bond donors (Lipinski definition) is 1. The van der Waals surface area contributed by atoms with Crippen molar-refractivity contribution < 1.29 is 4.74 Å². The van der Waals surface area contributed by atoms with E-state index in [-0.39, 0.29) is 0 Å². The van der Waals surface area contributed by atoms with Gasteiger partial charge in [0.15, 0.2) is 0 Å². The predicted octanol–water partition coefficient (Wildman–Crippen LogP) is 2.24. The second-order valence-electron chi connectivity index (χ2n) is 4.54. The van der Waals surface area contributed by atoms with Crippen LogP contribution in [0.2, 0.25) is 0 Å². The van der Waals surface area contributed by atoms with E-state index in [1.54, 1.807) is 0 Å². The summed E-state index contributed by atoms with van der Waals surface area (Å²) in [4.78, 5) is 0. The topological polar surface area (TPSA) is 21.3 Å². The Morgan fingerprint density at radius 2 is 2.12 bits per heavy atom. The summed E-state index contributed by atoms with van der Waals surface area (Å²) in [5, 5.41) is 3.26. The summed E-state index contributed by atoms with van der Waals surface area (Å²) in [6.07, 6.45) is 3.94. The van der Waals surface area contributed by atoms with Gasteiger partial charge in [0.25, 0.3) is 0 Å². The van der Waals surface area contributed by atoms with Gasteiger partial charge in [0.1, 0.15) is 0 Å². The van der Waals surface area contributed by atoms with E-state index in [9.17, 15) is 0 Å². The Morgan fingerprint density at radius 1 is 1.31 bits per heavy atom. The van der Waals surface area contributed by atoms with Crippen LogP contribution >= 0.6 is 0 Å². The minimum Gasteiger partial charge on any atom is -0.378 e. The SMILES string of the molecule is CNCC1CCOC1CCc1ccccc1. The molecule has 1 N–H and O–H groups in total. The number of aryl methyl sites for hydroxylation is 1. The Kier molecular flexibility index (Phi) is 4.37. The average Bonchev–Trinajstić information content (AvgIpc) is 2.76. The van der Waals surface area contributed by atoms with Gasteiger partial charge in [-0.3, -0.25) is 0 Å². The molecule has 1 aliphatic heterocycles. The molecule has 1 aliphatic rings. The molecule has 2 heteroatoms. The van der Waals surface area contributed by atoms with Gasteiger partial charge >= 0.3 is 0 Å². The van der Waals surface area contributed by atoms with Gasteiger partial charge in [0.2, 0.25) is 0 Å². The highest BCUT2D eigenvalue weighted by molar-refractivity contribution is 5.14. The Bertz CT molecular complexity index is 299. The van der Waals surface area contributed by atoms with Gasteiger partial charge in [-0.15, -0.1) is 0 Å². The highest BCUT2D eigenvalue weighted by atomic mass is 16.5. The zero-order valence-electron chi connectivity index (χ0n) is 9.99. The monoisotopic (exact) mass is 219 g/mol. The van der Waals surface area contributed by atoms with E-state index in [0.717, 1.165) is 26.0 Å². The first kappa shape index (κ1) is 11.6. The molecule has 2 nitrogen and oxygen atoms in total. The predicted molar refractivity (Wildman–Crippen MR) is 66.5 cm³/mol. The van der Waals surface area contributed by atoms with Gasteiger partial charge < -0.3 is 10.1 Å². The average molecular weight is 219 g/mol. The van der Waals surface area contributed by atoms with E-state index >= 15 is 0 Å². The van der Waals surface area contributed by atoms with Crippen molar-refractivity contribution in [2.45, 2.75) is 25.4 Å². The summed E-state index contributed by atoms with van der Waals surface area (Å²) >= 11 is 0. The maximum absolute atomic E-state index is 5.80. The van der Waals surface area contributed by atoms with Crippen molar-refractivity contribution in [2.75, 3.05) is 20.2 Å². The molecule has 0 saturated carbocycles. The number of ether oxygens (including phenoxy) is 1. The summed E-state index contributed by atoms with van der Waals surface area (Å²) in [7, 11) is 2.02. The number of rotatable bonds is 5. The van der Waals surface area contributed by atoms with Crippen molar-refractivity contribution in [3.63, 3.8) is 0 Å². The summed E-state index contributed by atoms with van der Waals surface area (Å²) in [6.45, 7) is 2.02. The van der Waals surface area contributed by atoms with Crippen LogP contribution in [-0.2, 0) is 11.2 Å². The van der Waals surface area contributed by atoms with E-state index in [0.29, 0.717) is 12.0 Å². The number of hydrogen-bond acceptors (Lipinski definition) is 2. The van der Waals surface area contributed by atoms with Gasteiger partial charge in [-0.1, -0.05) is 30.3 Å². The quantitative estimate of drug-likeness (QED) is 0.820. The summed E-state index contributed by atoms with van der Waals surface area (Å²) in [6, 6.07) is 10.7. The van der Waals surface area contributed by atoms with Crippen LogP contribution in [0.5, 0.6) is 0 Å². The van der Waals surface area contributed by atoms with Gasteiger partial charge in [-0.2, -0.15) is 0 Å². The molecular weight excluding hydrogens is 198 g/mol. The van der Waals surface area contributed by atoms with E-state index in [1.807, 2.05) is 7.05 Å². The zero-order chi connectivity index (χ0) is 11.2. The van der Waals surface area contributed by atoms with Crippen molar-refractivity contribution in [3.8, 4) is 0 Å². The Hall–Kier alpha value is -0.860. The van der Waals surface area contributed by atoms with Crippen molar-refractivity contribution in [3.05, 3.63) is 35.9 Å². The molecule has 2 atom stereocenters. The summed E-state index contributed by atoms with van der Waals surface area (Å²) in [5.41, 5.74) is 1.42. The first-order valence-electron chi connectivity index (χ1n) is 6.20. The molecule has 0 aliphatic carbocycles. The Morgan fingerprint density at radius 3 is 2.88 bits per heavy atom. The lowest BCUT2D eigenvalue weighted by atomic mass is 9.96. The molecule has 1 fully saturated rings. The first-order valence-corrected chi connectivity index (χ1v) is 6.20. The zero-order valence-corrected chi connectivity index (χ0v) is 9.99. The number of nitrogens with one attached hydrogen (secondary N) is 1. The molecule has 16 heavy (non-hydrogen) atoms. The van der Waals surface area contributed by atoms with E-state index in [4.69, 9.17) is 4.74 Å². The van der Waals surface area contributed by atoms with Crippen LogP contribution in [0.15, 0.2) is 30.3 Å². The molecule has 1 aromatic rings. The fraction of sp³-hybridized carbons (Fsp3) is 0.571. The summed E-state index contributed by atoms with van der Waals surface area (Å²) < 4.78 is 5.80. The second-order valence-corrected chi connectivity index (χ2v) is 4.54. The lowest BCUT2D eigenvalue weighted by Gasteiger charge is -2.17. The molecule has 0 spiro atoms. The third-order valence-electron chi connectivity index (χ3n) is 3.37. The largest absolute Gasteiger partial charge is 0.378 e. The molecule has 1 aromatic carbocycles. The van der Waals surface area contributed by atoms with E-state index < -0.39 is 0 Å². The smallest absolute Gasteiger partial charge is 0.0619 e. The molecular formula is C14H21NO. The molecule has 0 amide bonds. The summed E-state index contributed by atoms with van der Waals surface area (Å²) in [5.74, 6) is 0.703. The maximum Gasteiger partial charge on any atom is 0.0619 e. The van der Waals surface area contributed by atoms with E-state index in [2.05, 4.69) is 35.6 Å². The van der Waals surface area contributed by atoms with Crippen molar-refractivity contribution >= 4 is 0 Å². The number of benzene rings is 1. The molecule has 0 aromatic heterocycles. The van der Waals surface area contributed by atoms with Crippen molar-refractivity contribution in [2.24, 2.45) is 5.92 Å². The Balaban J connectivity index is 1.81. The third-order valence-corrected chi connectivity index (χ3v) is 3.37. The molecule has 1 heterocycles. The highest BCUT2D eigenvalue weighted by Crippen LogP contribution is 2.24. The van der Waals surface area contributed by atoms with E-state index in [1.165, 1.54) is 12.0 Å². The lowest BCUT2D eigenvalue weighted by molar-refractivity contribution is 0.0839. The molecule has 1 saturated heterocycles. The highest BCUT2D eigenvalue weighted by Gasteiger charge is 2.26. The minimum atomic E-state index is 0.452. The minimum absolute atomic E-state index is 0.452. The molecule has 2 unspecified atom stereocenters. The van der Waals surface area contributed by atoms with Crippen LogP contribution in [0.1, 0.15) is 18.4 Å². The van der Waals surface area contributed by atoms with Crippen LogP contribution in [0, 0.1) is 5.92 Å². The maximum atomic E-state index is 5.80. The van der Waals surface area contributed by atoms with Crippen LogP contribution in [0.25, 0.3) is 0 Å². The first-order chi connectivity index (χ1) is 7.90. The fourth-order valence-corrected chi connectivity index (χ4v) is 2.46. The van der Waals surface area contributed by atoms with Crippen LogP contribution in [0.3, 0.4) is 0 Å². The molecule has 0 radical (unpaired) electrons. The van der Waals surface area contributed by atoms with Gasteiger partial charge in [0, 0.05) is 13.2 Å². The molecule has 88 valence electrons. The van der Waals surface area contributed by atoms with Crippen LogP contribution < -0.4 is 5.32 Å². The fourth-order valence-electron chi connectivity index (χ4n) is 2.46. The third kappa shape index (κ3) is 3.06. The van der Waals surface area contributed by atoms with Crippen LogP contribution in [-0.4, -0.2) is 26.3 Å².